The van der Waals surface area contributed by atoms with Gasteiger partial charge in [-0.25, -0.2) is 17.9 Å². The van der Waals surface area contributed by atoms with E-state index in [9.17, 15) is 18.3 Å². The molecule has 0 atom stereocenters. The van der Waals surface area contributed by atoms with Gasteiger partial charge in [0.2, 0.25) is 10.0 Å². The Morgan fingerprint density at radius 1 is 1.00 bits per heavy atom. The van der Waals surface area contributed by atoms with Crippen molar-refractivity contribution in [3.63, 3.8) is 0 Å². The molecule has 0 spiro atoms. The number of sulfonamides is 1. The van der Waals surface area contributed by atoms with Crippen molar-refractivity contribution in [2.24, 2.45) is 0 Å². The van der Waals surface area contributed by atoms with Crippen LogP contribution < -0.4 is 9.46 Å². The van der Waals surface area contributed by atoms with E-state index in [1.165, 1.54) is 23.3 Å². The molecular formula is C26H29NO5S. The summed E-state index contributed by atoms with van der Waals surface area (Å²) >= 11 is 0. The van der Waals surface area contributed by atoms with Crippen LogP contribution in [0.2, 0.25) is 0 Å². The molecule has 0 fully saturated rings. The van der Waals surface area contributed by atoms with Gasteiger partial charge in [0.15, 0.2) is 0 Å². The van der Waals surface area contributed by atoms with Crippen molar-refractivity contribution in [3.8, 4) is 5.75 Å². The van der Waals surface area contributed by atoms with Crippen molar-refractivity contribution in [1.82, 2.24) is 4.72 Å². The molecule has 0 unspecified atom stereocenters. The molecular weight excluding hydrogens is 438 g/mol. The van der Waals surface area contributed by atoms with Crippen molar-refractivity contribution >= 4 is 16.0 Å². The molecule has 174 valence electrons. The van der Waals surface area contributed by atoms with Crippen LogP contribution in [0.5, 0.6) is 5.75 Å². The standard InChI is InChI=1S/C26H29NO5S/c1-4-21-10-13-24(16-25(21)26(28)29)33(30,31)27-15-14-20-8-11-23(12-9-20)32-17-22-7-5-6-18(2)19(22)3/h5-13,16,27H,4,14-15,17H2,1-3H3,(H,28,29). The van der Waals surface area contributed by atoms with Crippen LogP contribution in [0, 0.1) is 13.8 Å². The lowest BCUT2D eigenvalue weighted by Crippen LogP contribution is -2.26. The van der Waals surface area contributed by atoms with Gasteiger partial charge in [-0.3, -0.25) is 0 Å². The zero-order valence-corrected chi connectivity index (χ0v) is 19.9. The Labute approximate surface area is 195 Å². The lowest BCUT2D eigenvalue weighted by molar-refractivity contribution is 0.0695. The molecule has 0 amide bonds. The number of aryl methyl sites for hydroxylation is 2. The molecule has 0 heterocycles. The van der Waals surface area contributed by atoms with Crippen LogP contribution in [0.1, 0.15) is 45.1 Å². The van der Waals surface area contributed by atoms with E-state index in [1.807, 2.05) is 37.3 Å². The molecule has 0 aliphatic rings. The second kappa shape index (κ2) is 10.6. The Balaban J connectivity index is 1.56. The molecule has 7 heteroatoms. The van der Waals surface area contributed by atoms with E-state index in [1.54, 1.807) is 6.07 Å². The zero-order valence-electron chi connectivity index (χ0n) is 19.1. The lowest BCUT2D eigenvalue weighted by atomic mass is 10.0. The molecule has 0 saturated heterocycles. The topological polar surface area (TPSA) is 92.7 Å². The highest BCUT2D eigenvalue weighted by Crippen LogP contribution is 2.19. The zero-order chi connectivity index (χ0) is 24.0. The summed E-state index contributed by atoms with van der Waals surface area (Å²) in [5, 5.41) is 9.34. The van der Waals surface area contributed by atoms with Gasteiger partial charge in [0.1, 0.15) is 12.4 Å². The fourth-order valence-electron chi connectivity index (χ4n) is 3.52. The third kappa shape index (κ3) is 6.21. The average Bonchev–Trinajstić information content (AvgIpc) is 2.80. The average molecular weight is 468 g/mol. The van der Waals surface area contributed by atoms with Gasteiger partial charge in [0.25, 0.3) is 0 Å². The molecule has 3 aromatic rings. The summed E-state index contributed by atoms with van der Waals surface area (Å²) < 4.78 is 33.6. The number of hydrogen-bond acceptors (Lipinski definition) is 4. The van der Waals surface area contributed by atoms with E-state index in [-0.39, 0.29) is 17.0 Å². The number of aromatic carboxylic acids is 1. The largest absolute Gasteiger partial charge is 0.489 e. The van der Waals surface area contributed by atoms with Crippen LogP contribution in [-0.4, -0.2) is 26.0 Å². The number of hydrogen-bond donors (Lipinski definition) is 2. The van der Waals surface area contributed by atoms with Gasteiger partial charge in [-0.05, 0) is 78.8 Å². The molecule has 0 saturated carbocycles. The van der Waals surface area contributed by atoms with Crippen molar-refractivity contribution < 1.29 is 23.1 Å². The van der Waals surface area contributed by atoms with Crippen LogP contribution in [0.4, 0.5) is 0 Å². The number of carboxylic acid groups (broad SMARTS) is 1. The normalized spacial score (nSPS) is 11.4. The second-order valence-electron chi connectivity index (χ2n) is 7.92. The molecule has 2 N–H and O–H groups in total. The minimum absolute atomic E-state index is 0.0109. The smallest absolute Gasteiger partial charge is 0.336 e. The lowest BCUT2D eigenvalue weighted by Gasteiger charge is -2.11. The molecule has 0 aliphatic heterocycles. The Hall–Kier alpha value is -3.16. The van der Waals surface area contributed by atoms with Crippen LogP contribution >= 0.6 is 0 Å². The predicted molar refractivity (Wildman–Crippen MR) is 128 cm³/mol. The van der Waals surface area contributed by atoms with E-state index < -0.39 is 16.0 Å². The monoisotopic (exact) mass is 467 g/mol. The van der Waals surface area contributed by atoms with Crippen molar-refractivity contribution in [2.75, 3.05) is 6.54 Å². The Morgan fingerprint density at radius 3 is 2.39 bits per heavy atom. The summed E-state index contributed by atoms with van der Waals surface area (Å²) in [5.41, 5.74) is 5.17. The number of carboxylic acids is 1. The maximum absolute atomic E-state index is 12.6. The quantitative estimate of drug-likeness (QED) is 0.452. The molecule has 0 aliphatic carbocycles. The molecule has 6 nitrogen and oxygen atoms in total. The molecule has 3 aromatic carbocycles. The molecule has 0 radical (unpaired) electrons. The summed E-state index contributed by atoms with van der Waals surface area (Å²) in [7, 11) is -3.80. The van der Waals surface area contributed by atoms with Crippen molar-refractivity contribution in [2.45, 2.75) is 45.1 Å². The summed E-state index contributed by atoms with van der Waals surface area (Å²) in [6.45, 7) is 6.67. The van der Waals surface area contributed by atoms with Gasteiger partial charge in [-0.15, -0.1) is 0 Å². The Kier molecular flexibility index (Phi) is 7.89. The van der Waals surface area contributed by atoms with Crippen LogP contribution in [-0.2, 0) is 29.5 Å². The van der Waals surface area contributed by atoms with Crippen molar-refractivity contribution in [1.29, 1.82) is 0 Å². The Morgan fingerprint density at radius 2 is 1.73 bits per heavy atom. The van der Waals surface area contributed by atoms with E-state index in [2.05, 4.69) is 30.7 Å². The number of rotatable bonds is 10. The maximum atomic E-state index is 12.6. The molecule has 3 rings (SSSR count). The number of benzene rings is 3. The summed E-state index contributed by atoms with van der Waals surface area (Å²) in [5.74, 6) is -0.388. The first-order chi connectivity index (χ1) is 15.7. The minimum Gasteiger partial charge on any atom is -0.489 e. The molecule has 0 bridgehead atoms. The first-order valence-electron chi connectivity index (χ1n) is 10.8. The van der Waals surface area contributed by atoms with E-state index in [0.717, 1.165) is 16.9 Å². The number of ether oxygens (including phenoxy) is 1. The Bertz CT molecular complexity index is 1230. The maximum Gasteiger partial charge on any atom is 0.336 e. The SMILES string of the molecule is CCc1ccc(S(=O)(=O)NCCc2ccc(OCc3cccc(C)c3C)cc2)cc1C(=O)O. The van der Waals surface area contributed by atoms with Crippen molar-refractivity contribution in [3.05, 3.63) is 94.0 Å². The van der Waals surface area contributed by atoms with Gasteiger partial charge < -0.3 is 9.84 Å². The van der Waals surface area contributed by atoms with Crippen LogP contribution in [0.25, 0.3) is 0 Å². The first kappa shape index (κ1) is 24.5. The predicted octanol–water partition coefficient (Wildman–Crippen LogP) is 4.66. The fourth-order valence-corrected chi connectivity index (χ4v) is 4.58. The summed E-state index contributed by atoms with van der Waals surface area (Å²) in [6.07, 6.45) is 1.01. The van der Waals surface area contributed by atoms with E-state index >= 15 is 0 Å². The third-order valence-electron chi connectivity index (χ3n) is 5.74. The number of nitrogens with one attached hydrogen (secondary N) is 1. The highest BCUT2D eigenvalue weighted by atomic mass is 32.2. The highest BCUT2D eigenvalue weighted by molar-refractivity contribution is 7.89. The molecule has 0 aromatic heterocycles. The van der Waals surface area contributed by atoms with Crippen LogP contribution in [0.3, 0.4) is 0 Å². The first-order valence-corrected chi connectivity index (χ1v) is 12.3. The van der Waals surface area contributed by atoms with Gasteiger partial charge in [-0.1, -0.05) is 43.3 Å². The summed E-state index contributed by atoms with van der Waals surface area (Å²) in [4.78, 5) is 11.4. The molecule has 33 heavy (non-hydrogen) atoms. The fraction of sp³-hybridized carbons (Fsp3) is 0.269. The second-order valence-corrected chi connectivity index (χ2v) is 9.68. The van der Waals surface area contributed by atoms with Gasteiger partial charge in [0, 0.05) is 6.54 Å². The van der Waals surface area contributed by atoms with Crippen LogP contribution in [0.15, 0.2) is 65.6 Å². The van der Waals surface area contributed by atoms with Gasteiger partial charge in [-0.2, -0.15) is 0 Å². The number of carbonyl (C=O) groups is 1. The van der Waals surface area contributed by atoms with E-state index in [4.69, 9.17) is 4.74 Å². The highest BCUT2D eigenvalue weighted by Gasteiger charge is 2.18. The summed E-state index contributed by atoms with van der Waals surface area (Å²) in [6, 6.07) is 17.9. The van der Waals surface area contributed by atoms with Gasteiger partial charge in [0.05, 0.1) is 10.5 Å². The van der Waals surface area contributed by atoms with E-state index in [0.29, 0.717) is 25.0 Å². The van der Waals surface area contributed by atoms with Gasteiger partial charge >= 0.3 is 5.97 Å². The minimum atomic E-state index is -3.80. The third-order valence-corrected chi connectivity index (χ3v) is 7.20.